The third kappa shape index (κ3) is 6.00. The number of hydrogen-bond donors (Lipinski definition) is 1. The maximum atomic E-state index is 10.4. The van der Waals surface area contributed by atoms with E-state index in [1.165, 1.54) is 19.4 Å². The molecule has 0 heterocycles. The Labute approximate surface area is 126 Å². The molecule has 1 aromatic rings. The molecule has 0 unspecified atom stereocenters. The third-order valence-corrected chi connectivity index (χ3v) is 3.64. The minimum Gasteiger partial charge on any atom is -0.492 e. The molecule has 1 saturated carbocycles. The first-order valence-corrected chi connectivity index (χ1v) is 7.53. The second-order valence-corrected chi connectivity index (χ2v) is 5.43. The minimum absolute atomic E-state index is 0.685. The van der Waals surface area contributed by atoms with Gasteiger partial charge in [0.2, 0.25) is 0 Å². The van der Waals surface area contributed by atoms with E-state index in [0.29, 0.717) is 6.61 Å². The van der Waals surface area contributed by atoms with E-state index in [0.717, 1.165) is 36.4 Å². The highest BCUT2D eigenvalue weighted by Crippen LogP contribution is 2.29. The number of nitrogens with zero attached hydrogens (tertiary/aromatic N) is 1. The van der Waals surface area contributed by atoms with Gasteiger partial charge in [-0.15, -0.1) is 0 Å². The van der Waals surface area contributed by atoms with E-state index in [-0.39, 0.29) is 0 Å². The standard InChI is InChI=1S/C17H23NO3/c1-2-18(13-15-3-4-15)11-12-21-16-8-5-14(6-9-16)7-10-17(19)20/h5-10,15H,2-4,11-13H2,1H3,(H,19,20). The van der Waals surface area contributed by atoms with Crippen LogP contribution >= 0.6 is 0 Å². The highest BCUT2D eigenvalue weighted by atomic mass is 16.5. The molecule has 0 radical (unpaired) electrons. The largest absolute Gasteiger partial charge is 0.492 e. The lowest BCUT2D eigenvalue weighted by atomic mass is 10.2. The Kier molecular flexibility index (Phi) is 5.81. The summed E-state index contributed by atoms with van der Waals surface area (Å²) in [6, 6.07) is 7.46. The second-order valence-electron chi connectivity index (χ2n) is 5.43. The number of rotatable bonds is 9. The van der Waals surface area contributed by atoms with Crippen molar-refractivity contribution >= 4 is 12.0 Å². The van der Waals surface area contributed by atoms with Gasteiger partial charge in [-0.25, -0.2) is 4.79 Å². The average molecular weight is 289 g/mol. The molecule has 1 aliphatic carbocycles. The number of likely N-dealkylation sites (N-methyl/N-ethyl adjacent to an activating group) is 1. The molecule has 1 fully saturated rings. The molecule has 1 aliphatic rings. The fraction of sp³-hybridized carbons (Fsp3) is 0.471. The van der Waals surface area contributed by atoms with Crippen LogP contribution in [0.5, 0.6) is 5.75 Å². The number of carboxylic acids is 1. The number of ether oxygens (including phenoxy) is 1. The molecule has 0 spiro atoms. The molecule has 114 valence electrons. The summed E-state index contributed by atoms with van der Waals surface area (Å²) >= 11 is 0. The lowest BCUT2D eigenvalue weighted by Crippen LogP contribution is -2.30. The van der Waals surface area contributed by atoms with Crippen LogP contribution < -0.4 is 4.74 Å². The van der Waals surface area contributed by atoms with Crippen LogP contribution in [-0.2, 0) is 4.79 Å². The van der Waals surface area contributed by atoms with Crippen LogP contribution in [0.2, 0.25) is 0 Å². The summed E-state index contributed by atoms with van der Waals surface area (Å²) in [5.74, 6) is 0.792. The van der Waals surface area contributed by atoms with Crippen molar-refractivity contribution in [2.45, 2.75) is 19.8 Å². The van der Waals surface area contributed by atoms with E-state index in [9.17, 15) is 4.79 Å². The smallest absolute Gasteiger partial charge is 0.328 e. The fourth-order valence-electron chi connectivity index (χ4n) is 2.18. The van der Waals surface area contributed by atoms with Crippen LogP contribution in [0, 0.1) is 5.92 Å². The molecule has 4 nitrogen and oxygen atoms in total. The molecule has 4 heteroatoms. The van der Waals surface area contributed by atoms with Crippen LogP contribution in [0.1, 0.15) is 25.3 Å². The summed E-state index contributed by atoms with van der Waals surface area (Å²) in [4.78, 5) is 12.9. The van der Waals surface area contributed by atoms with Crippen LogP contribution in [0.15, 0.2) is 30.3 Å². The topological polar surface area (TPSA) is 49.8 Å². The van der Waals surface area contributed by atoms with Gasteiger partial charge < -0.3 is 9.84 Å². The van der Waals surface area contributed by atoms with Gasteiger partial charge in [-0.3, -0.25) is 4.90 Å². The first-order valence-electron chi connectivity index (χ1n) is 7.53. The van der Waals surface area contributed by atoms with Crippen LogP contribution in [0.25, 0.3) is 6.08 Å². The molecule has 0 aliphatic heterocycles. The van der Waals surface area contributed by atoms with Gasteiger partial charge in [-0.1, -0.05) is 19.1 Å². The van der Waals surface area contributed by atoms with Crippen molar-refractivity contribution in [3.63, 3.8) is 0 Å². The first kappa shape index (κ1) is 15.6. The van der Waals surface area contributed by atoms with Crippen LogP contribution in [-0.4, -0.2) is 42.2 Å². The Morgan fingerprint density at radius 3 is 2.67 bits per heavy atom. The molecular formula is C17H23NO3. The van der Waals surface area contributed by atoms with Gasteiger partial charge in [-0.2, -0.15) is 0 Å². The Bertz CT molecular complexity index is 477. The van der Waals surface area contributed by atoms with Crippen LogP contribution in [0.4, 0.5) is 0 Å². The molecule has 2 rings (SSSR count). The maximum absolute atomic E-state index is 10.4. The second kappa shape index (κ2) is 7.84. The zero-order valence-electron chi connectivity index (χ0n) is 12.5. The van der Waals surface area contributed by atoms with E-state index < -0.39 is 5.97 Å². The highest BCUT2D eigenvalue weighted by Gasteiger charge is 2.23. The van der Waals surface area contributed by atoms with E-state index in [2.05, 4.69) is 11.8 Å². The van der Waals surface area contributed by atoms with E-state index in [4.69, 9.17) is 9.84 Å². The minimum atomic E-state index is -0.939. The molecule has 0 bridgehead atoms. The van der Waals surface area contributed by atoms with Gasteiger partial charge >= 0.3 is 5.97 Å². The van der Waals surface area contributed by atoms with Gasteiger partial charge in [0.25, 0.3) is 0 Å². The van der Waals surface area contributed by atoms with Gasteiger partial charge in [-0.05, 0) is 49.1 Å². The van der Waals surface area contributed by atoms with Crippen molar-refractivity contribution in [3.8, 4) is 5.75 Å². The third-order valence-electron chi connectivity index (χ3n) is 3.64. The molecule has 1 N–H and O–H groups in total. The molecule has 0 saturated heterocycles. The monoisotopic (exact) mass is 289 g/mol. The molecular weight excluding hydrogens is 266 g/mol. The van der Waals surface area contributed by atoms with Gasteiger partial charge in [0, 0.05) is 19.2 Å². The first-order chi connectivity index (χ1) is 10.2. The predicted molar refractivity (Wildman–Crippen MR) is 83.4 cm³/mol. The van der Waals surface area contributed by atoms with Gasteiger partial charge in [0.05, 0.1) is 0 Å². The summed E-state index contributed by atoms with van der Waals surface area (Å²) in [5.41, 5.74) is 0.855. The Morgan fingerprint density at radius 1 is 1.38 bits per heavy atom. The van der Waals surface area contributed by atoms with Gasteiger partial charge in [0.1, 0.15) is 12.4 Å². The summed E-state index contributed by atoms with van der Waals surface area (Å²) in [7, 11) is 0. The predicted octanol–water partition coefficient (Wildman–Crippen LogP) is 2.90. The fourth-order valence-corrected chi connectivity index (χ4v) is 2.18. The van der Waals surface area contributed by atoms with E-state index >= 15 is 0 Å². The normalized spacial score (nSPS) is 14.8. The summed E-state index contributed by atoms with van der Waals surface area (Å²) in [6.45, 7) is 6.09. The van der Waals surface area contributed by atoms with Crippen molar-refractivity contribution in [1.82, 2.24) is 4.90 Å². The Hall–Kier alpha value is -1.81. The van der Waals surface area contributed by atoms with Gasteiger partial charge in [0.15, 0.2) is 0 Å². The Balaban J connectivity index is 1.73. The van der Waals surface area contributed by atoms with Crippen molar-refractivity contribution in [1.29, 1.82) is 0 Å². The maximum Gasteiger partial charge on any atom is 0.328 e. The average Bonchev–Trinajstić information content (AvgIpc) is 3.29. The number of carboxylic acid groups (broad SMARTS) is 1. The van der Waals surface area contributed by atoms with E-state index in [1.54, 1.807) is 6.08 Å². The van der Waals surface area contributed by atoms with Crippen LogP contribution in [0.3, 0.4) is 0 Å². The highest BCUT2D eigenvalue weighted by molar-refractivity contribution is 5.85. The number of carbonyl (C=O) groups is 1. The zero-order chi connectivity index (χ0) is 15.1. The molecule has 21 heavy (non-hydrogen) atoms. The number of aliphatic carboxylic acids is 1. The molecule has 1 aromatic carbocycles. The molecule has 0 aromatic heterocycles. The summed E-state index contributed by atoms with van der Waals surface area (Å²) < 4.78 is 5.74. The van der Waals surface area contributed by atoms with Crippen molar-refractivity contribution in [3.05, 3.63) is 35.9 Å². The number of hydrogen-bond acceptors (Lipinski definition) is 3. The quantitative estimate of drug-likeness (QED) is 0.710. The summed E-state index contributed by atoms with van der Waals surface area (Å²) in [5, 5.41) is 8.57. The lowest BCUT2D eigenvalue weighted by molar-refractivity contribution is -0.131. The van der Waals surface area contributed by atoms with Crippen molar-refractivity contribution < 1.29 is 14.6 Å². The Morgan fingerprint density at radius 2 is 2.10 bits per heavy atom. The number of benzene rings is 1. The van der Waals surface area contributed by atoms with Crippen molar-refractivity contribution in [2.75, 3.05) is 26.2 Å². The van der Waals surface area contributed by atoms with E-state index in [1.807, 2.05) is 24.3 Å². The molecule has 0 amide bonds. The molecule has 0 atom stereocenters. The summed E-state index contributed by atoms with van der Waals surface area (Å²) in [6.07, 6.45) is 5.46. The zero-order valence-corrected chi connectivity index (χ0v) is 12.5. The SMILES string of the molecule is CCN(CCOc1ccc(C=CC(=O)O)cc1)CC1CC1. The van der Waals surface area contributed by atoms with Crippen molar-refractivity contribution in [2.24, 2.45) is 5.92 Å². The lowest BCUT2D eigenvalue weighted by Gasteiger charge is -2.20.